The van der Waals surface area contributed by atoms with E-state index in [2.05, 4.69) is 10.3 Å². The highest BCUT2D eigenvalue weighted by molar-refractivity contribution is 5.94. The number of amides is 2. The molecule has 0 spiro atoms. The lowest BCUT2D eigenvalue weighted by molar-refractivity contribution is -0.136. The summed E-state index contributed by atoms with van der Waals surface area (Å²) in [5, 5.41) is 3.03. The third-order valence-electron chi connectivity index (χ3n) is 6.11. The molecule has 1 aromatic heterocycles. The van der Waals surface area contributed by atoms with Gasteiger partial charge in [-0.25, -0.2) is 4.39 Å². The third-order valence-corrected chi connectivity index (χ3v) is 6.11. The number of rotatable bonds is 4. The molecule has 1 saturated heterocycles. The first kappa shape index (κ1) is 20.5. The number of aromatic nitrogens is 1. The first-order valence-corrected chi connectivity index (χ1v) is 10.6. The van der Waals surface area contributed by atoms with Crippen molar-refractivity contribution in [3.8, 4) is 11.3 Å². The van der Waals surface area contributed by atoms with Crippen molar-refractivity contribution in [3.05, 3.63) is 54.0 Å². The van der Waals surface area contributed by atoms with Crippen molar-refractivity contribution in [1.82, 2.24) is 15.2 Å². The molecule has 2 fully saturated rings. The zero-order chi connectivity index (χ0) is 21.1. The van der Waals surface area contributed by atoms with Gasteiger partial charge in [0.1, 0.15) is 5.82 Å². The van der Waals surface area contributed by atoms with Gasteiger partial charge in [0.25, 0.3) is 5.91 Å². The second-order valence-corrected chi connectivity index (χ2v) is 8.29. The third kappa shape index (κ3) is 4.67. The Kier molecular flexibility index (Phi) is 6.08. The van der Waals surface area contributed by atoms with Crippen LogP contribution in [-0.2, 0) is 4.79 Å². The largest absolute Gasteiger partial charge is 0.349 e. The molecule has 1 aliphatic heterocycles. The van der Waals surface area contributed by atoms with Gasteiger partial charge in [-0.1, -0.05) is 12.1 Å². The number of hydrogen-bond acceptors (Lipinski definition) is 4. The summed E-state index contributed by atoms with van der Waals surface area (Å²) in [5.74, 6) is -0.359. The van der Waals surface area contributed by atoms with E-state index >= 15 is 0 Å². The average Bonchev–Trinajstić information content (AvgIpc) is 3.22. The number of nitrogens with one attached hydrogen (secondary N) is 1. The van der Waals surface area contributed by atoms with Gasteiger partial charge in [0, 0.05) is 42.9 Å². The topological polar surface area (TPSA) is 88.3 Å². The van der Waals surface area contributed by atoms with E-state index < -0.39 is 0 Å². The maximum Gasteiger partial charge on any atom is 0.253 e. The fraction of sp³-hybridized carbons (Fsp3) is 0.435. The monoisotopic (exact) mass is 410 g/mol. The van der Waals surface area contributed by atoms with Crippen LogP contribution in [0.3, 0.4) is 0 Å². The molecule has 1 aromatic carbocycles. The molecule has 4 rings (SSSR count). The zero-order valence-corrected chi connectivity index (χ0v) is 16.9. The Balaban J connectivity index is 1.31. The smallest absolute Gasteiger partial charge is 0.253 e. The standard InChI is InChI=1S/C23H27FN4O2/c24-18-3-1-2-15(12-18)21-7-5-17(14-26-21)22(29)27-20-6-4-16(13-20)23(30)28-10-8-19(25)9-11-28/h1-3,5,7,12,14,16,19-20H,4,6,8-11,13,25H2,(H,27,29)/t16-,20+/m0/s1. The van der Waals surface area contributed by atoms with Crippen molar-refractivity contribution in [2.45, 2.75) is 44.2 Å². The van der Waals surface area contributed by atoms with Gasteiger partial charge in [0.05, 0.1) is 11.3 Å². The maximum absolute atomic E-state index is 13.4. The summed E-state index contributed by atoms with van der Waals surface area (Å²) in [5.41, 5.74) is 7.65. The number of pyridine rings is 1. The molecule has 158 valence electrons. The van der Waals surface area contributed by atoms with E-state index in [9.17, 15) is 14.0 Å². The average molecular weight is 410 g/mol. The molecule has 0 unspecified atom stereocenters. The molecule has 2 aliphatic rings. The molecule has 6 nitrogen and oxygen atoms in total. The van der Waals surface area contributed by atoms with E-state index in [1.54, 1.807) is 24.3 Å². The zero-order valence-electron chi connectivity index (χ0n) is 16.9. The predicted molar refractivity (Wildman–Crippen MR) is 112 cm³/mol. The van der Waals surface area contributed by atoms with Gasteiger partial charge >= 0.3 is 0 Å². The lowest BCUT2D eigenvalue weighted by atomic mass is 10.0. The number of nitrogens with zero attached hydrogens (tertiary/aromatic N) is 2. The summed E-state index contributed by atoms with van der Waals surface area (Å²) >= 11 is 0. The van der Waals surface area contributed by atoms with Crippen LogP contribution >= 0.6 is 0 Å². The normalized spacial score (nSPS) is 22.1. The van der Waals surface area contributed by atoms with Gasteiger partial charge in [0.2, 0.25) is 5.91 Å². The Morgan fingerprint density at radius 1 is 1.10 bits per heavy atom. The van der Waals surface area contributed by atoms with Crippen LogP contribution in [0.25, 0.3) is 11.3 Å². The fourth-order valence-corrected chi connectivity index (χ4v) is 4.33. The summed E-state index contributed by atoms with van der Waals surface area (Å²) in [6.45, 7) is 1.47. The van der Waals surface area contributed by atoms with Crippen molar-refractivity contribution in [2.75, 3.05) is 13.1 Å². The number of carbonyl (C=O) groups is 2. The van der Waals surface area contributed by atoms with Crippen LogP contribution in [0.4, 0.5) is 4.39 Å². The summed E-state index contributed by atoms with van der Waals surface area (Å²) in [6, 6.07) is 9.79. The van der Waals surface area contributed by atoms with Gasteiger partial charge < -0.3 is 16.0 Å². The van der Waals surface area contributed by atoms with E-state index in [-0.39, 0.29) is 35.6 Å². The summed E-state index contributed by atoms with van der Waals surface area (Å²) in [6.07, 6.45) is 5.48. The number of hydrogen-bond donors (Lipinski definition) is 2. The number of piperidine rings is 1. The van der Waals surface area contributed by atoms with E-state index in [0.717, 1.165) is 38.8 Å². The Morgan fingerprint density at radius 3 is 2.60 bits per heavy atom. The Morgan fingerprint density at radius 2 is 1.90 bits per heavy atom. The number of halogens is 1. The minimum absolute atomic E-state index is 0.0126. The number of carbonyl (C=O) groups excluding carboxylic acids is 2. The Labute approximate surface area is 175 Å². The predicted octanol–water partition coefficient (Wildman–Crippen LogP) is 2.74. The van der Waals surface area contributed by atoms with E-state index in [1.807, 2.05) is 4.90 Å². The van der Waals surface area contributed by atoms with Crippen molar-refractivity contribution in [2.24, 2.45) is 11.7 Å². The summed E-state index contributed by atoms with van der Waals surface area (Å²) in [4.78, 5) is 31.6. The van der Waals surface area contributed by atoms with Crippen molar-refractivity contribution in [3.63, 3.8) is 0 Å². The van der Waals surface area contributed by atoms with E-state index in [4.69, 9.17) is 5.73 Å². The van der Waals surface area contributed by atoms with Crippen LogP contribution in [-0.4, -0.2) is 46.9 Å². The molecule has 0 bridgehead atoms. The van der Waals surface area contributed by atoms with Crippen molar-refractivity contribution >= 4 is 11.8 Å². The first-order valence-electron chi connectivity index (χ1n) is 10.6. The van der Waals surface area contributed by atoms with Crippen molar-refractivity contribution < 1.29 is 14.0 Å². The van der Waals surface area contributed by atoms with Crippen LogP contribution < -0.4 is 11.1 Å². The molecule has 7 heteroatoms. The maximum atomic E-state index is 13.4. The lowest BCUT2D eigenvalue weighted by Gasteiger charge is -2.32. The van der Waals surface area contributed by atoms with E-state index in [1.165, 1.54) is 18.3 Å². The first-order chi connectivity index (χ1) is 14.5. The minimum Gasteiger partial charge on any atom is -0.349 e. The second kappa shape index (κ2) is 8.92. The quantitative estimate of drug-likeness (QED) is 0.811. The van der Waals surface area contributed by atoms with Crippen LogP contribution in [0.5, 0.6) is 0 Å². The van der Waals surface area contributed by atoms with Crippen LogP contribution in [0.1, 0.15) is 42.5 Å². The van der Waals surface area contributed by atoms with E-state index in [0.29, 0.717) is 23.2 Å². The van der Waals surface area contributed by atoms with Gasteiger partial charge in [-0.2, -0.15) is 0 Å². The molecule has 3 N–H and O–H groups in total. The van der Waals surface area contributed by atoms with Gasteiger partial charge in [-0.15, -0.1) is 0 Å². The van der Waals surface area contributed by atoms with Crippen LogP contribution in [0.2, 0.25) is 0 Å². The van der Waals surface area contributed by atoms with Crippen LogP contribution in [0, 0.1) is 11.7 Å². The van der Waals surface area contributed by atoms with Crippen molar-refractivity contribution in [1.29, 1.82) is 0 Å². The minimum atomic E-state index is -0.325. The second-order valence-electron chi connectivity index (χ2n) is 8.29. The molecule has 30 heavy (non-hydrogen) atoms. The summed E-state index contributed by atoms with van der Waals surface area (Å²) in [7, 11) is 0. The molecular weight excluding hydrogens is 383 g/mol. The molecule has 1 saturated carbocycles. The molecule has 2 amide bonds. The highest BCUT2D eigenvalue weighted by Crippen LogP contribution is 2.28. The molecule has 2 aromatic rings. The van der Waals surface area contributed by atoms with Gasteiger partial charge in [-0.3, -0.25) is 14.6 Å². The SMILES string of the molecule is NC1CCN(C(=O)[C@H]2CC[C@@H](NC(=O)c3ccc(-c4cccc(F)c4)nc3)C2)CC1. The molecule has 1 aliphatic carbocycles. The number of likely N-dealkylation sites (tertiary alicyclic amines) is 1. The highest BCUT2D eigenvalue weighted by atomic mass is 19.1. The summed E-state index contributed by atoms with van der Waals surface area (Å²) < 4.78 is 13.4. The number of nitrogens with two attached hydrogens (primary N) is 1. The van der Waals surface area contributed by atoms with Gasteiger partial charge in [0.15, 0.2) is 0 Å². The molecule has 2 atom stereocenters. The van der Waals surface area contributed by atoms with Crippen LogP contribution in [0.15, 0.2) is 42.6 Å². The lowest BCUT2D eigenvalue weighted by Crippen LogP contribution is -2.45. The molecular formula is C23H27FN4O2. The Hall–Kier alpha value is -2.80. The highest BCUT2D eigenvalue weighted by Gasteiger charge is 2.34. The Bertz CT molecular complexity index is 910. The molecule has 2 heterocycles. The number of benzene rings is 1. The molecule has 0 radical (unpaired) electrons. The fourth-order valence-electron chi connectivity index (χ4n) is 4.33. The van der Waals surface area contributed by atoms with Gasteiger partial charge in [-0.05, 0) is 56.4 Å².